The standard InChI is InChI=1S/C12H10IN2O4/c16-14(17)13(15(18)19,11-7-3-1-4-8-11)12-9-5-2-6-10-12/h1-10H/q-1. The molecule has 0 heterocycles. The fourth-order valence-electron chi connectivity index (χ4n) is 1.68. The quantitative estimate of drug-likeness (QED) is 0.306. The van der Waals surface area contributed by atoms with Crippen LogP contribution < -0.4 is 19.0 Å². The minimum atomic E-state index is -4.79. The summed E-state index contributed by atoms with van der Waals surface area (Å²) in [6, 6.07) is 15.6. The second-order valence-corrected chi connectivity index (χ2v) is 10.5. The van der Waals surface area contributed by atoms with Crippen molar-refractivity contribution >= 4 is 0 Å². The van der Waals surface area contributed by atoms with Gasteiger partial charge >= 0.3 is 113 Å². The summed E-state index contributed by atoms with van der Waals surface area (Å²) in [6.45, 7) is 0. The first-order valence-corrected chi connectivity index (χ1v) is 9.35. The predicted octanol–water partition coefficient (Wildman–Crippen LogP) is -0.730. The molecule has 2 aromatic carbocycles. The van der Waals surface area contributed by atoms with Crippen molar-refractivity contribution < 1.29 is 25.3 Å². The average molecular weight is 373 g/mol. The van der Waals surface area contributed by atoms with Gasteiger partial charge in [-0.05, 0) is 0 Å². The van der Waals surface area contributed by atoms with Gasteiger partial charge in [-0.25, -0.2) is 0 Å². The number of hydrogen-bond donors (Lipinski definition) is 0. The van der Waals surface area contributed by atoms with Gasteiger partial charge in [0.05, 0.1) is 0 Å². The molecule has 0 aliphatic carbocycles. The average Bonchev–Trinajstić information content (AvgIpc) is 2.41. The van der Waals surface area contributed by atoms with E-state index in [1.54, 1.807) is 36.4 Å². The van der Waals surface area contributed by atoms with E-state index in [1.807, 2.05) is 0 Å². The van der Waals surface area contributed by atoms with E-state index < -0.39 is 25.3 Å². The maximum absolute atomic E-state index is 11.5. The zero-order valence-corrected chi connectivity index (χ0v) is 11.8. The van der Waals surface area contributed by atoms with E-state index in [9.17, 15) is 20.2 Å². The van der Waals surface area contributed by atoms with Crippen LogP contribution in [0.1, 0.15) is 0 Å². The van der Waals surface area contributed by atoms with Gasteiger partial charge in [0.25, 0.3) is 0 Å². The SMILES string of the molecule is O=[N+]([O-])[I-](c1ccccc1)(c1ccccc1)[N+](=O)[O-]. The van der Waals surface area contributed by atoms with Crippen molar-refractivity contribution in [3.63, 3.8) is 0 Å². The molecule has 0 spiro atoms. The van der Waals surface area contributed by atoms with Crippen molar-refractivity contribution in [2.75, 3.05) is 0 Å². The Hall–Kier alpha value is -2.03. The van der Waals surface area contributed by atoms with E-state index in [1.165, 1.54) is 24.3 Å². The van der Waals surface area contributed by atoms with Crippen LogP contribution in [-0.4, -0.2) is 6.27 Å². The van der Waals surface area contributed by atoms with E-state index in [2.05, 4.69) is 0 Å². The number of benzene rings is 2. The van der Waals surface area contributed by atoms with Crippen molar-refractivity contribution in [2.45, 2.75) is 0 Å². The van der Waals surface area contributed by atoms with Crippen LogP contribution in [0, 0.1) is 27.4 Å². The fourth-order valence-corrected chi connectivity index (χ4v) is 7.34. The van der Waals surface area contributed by atoms with Gasteiger partial charge in [-0.3, -0.25) is 0 Å². The van der Waals surface area contributed by atoms with Crippen LogP contribution in [0.25, 0.3) is 0 Å². The summed E-state index contributed by atoms with van der Waals surface area (Å²) in [4.78, 5) is 23.0. The minimum absolute atomic E-state index is 0.204. The molecule has 0 unspecified atom stereocenters. The second kappa shape index (κ2) is 5.31. The Balaban J connectivity index is 2.77. The van der Waals surface area contributed by atoms with Crippen LogP contribution in [0.2, 0.25) is 0 Å². The predicted molar refractivity (Wildman–Crippen MR) is 64.3 cm³/mol. The first-order valence-electron chi connectivity index (χ1n) is 5.27. The number of rotatable bonds is 4. The van der Waals surface area contributed by atoms with Gasteiger partial charge in [0.15, 0.2) is 0 Å². The molecule has 0 aliphatic heterocycles. The molecule has 0 bridgehead atoms. The fraction of sp³-hybridized carbons (Fsp3) is 0. The summed E-state index contributed by atoms with van der Waals surface area (Å²) in [6.07, 6.45) is 0. The molecule has 0 aromatic heterocycles. The molecule has 0 saturated heterocycles. The van der Waals surface area contributed by atoms with Crippen LogP contribution in [0.3, 0.4) is 0 Å². The molecule has 0 atom stereocenters. The number of nitrogens with zero attached hydrogens (tertiary/aromatic N) is 2. The normalized spacial score (nSPS) is 11.8. The van der Waals surface area contributed by atoms with E-state index >= 15 is 0 Å². The second-order valence-electron chi connectivity index (χ2n) is 3.52. The molecule has 6 nitrogen and oxygen atoms in total. The summed E-state index contributed by atoms with van der Waals surface area (Å²) in [5.74, 6) is 0. The van der Waals surface area contributed by atoms with E-state index in [4.69, 9.17) is 0 Å². The number of hydrogen-bond acceptors (Lipinski definition) is 4. The molecule has 100 valence electrons. The third kappa shape index (κ3) is 2.16. The molecule has 19 heavy (non-hydrogen) atoms. The summed E-state index contributed by atoms with van der Waals surface area (Å²) in [7, 11) is 0. The van der Waals surface area contributed by atoms with Crippen LogP contribution in [-0.2, 0) is 0 Å². The molecule has 7 heteroatoms. The molecule has 2 rings (SSSR count). The van der Waals surface area contributed by atoms with Crippen LogP contribution in [0.5, 0.6) is 0 Å². The van der Waals surface area contributed by atoms with Gasteiger partial charge in [-0.15, -0.1) is 0 Å². The van der Waals surface area contributed by atoms with Gasteiger partial charge in [0.2, 0.25) is 0 Å². The van der Waals surface area contributed by atoms with Gasteiger partial charge < -0.3 is 0 Å². The Morgan fingerprint density at radius 2 is 1.00 bits per heavy atom. The maximum atomic E-state index is 11.5. The van der Waals surface area contributed by atoms with E-state index in [0.717, 1.165) is 0 Å². The van der Waals surface area contributed by atoms with E-state index in [-0.39, 0.29) is 7.14 Å². The van der Waals surface area contributed by atoms with E-state index in [0.29, 0.717) is 0 Å². The molecular formula is C12H10IN2O4-. The summed E-state index contributed by atoms with van der Waals surface area (Å²) in [5.41, 5.74) is 0. The molecule has 0 amide bonds. The van der Waals surface area contributed by atoms with Crippen LogP contribution in [0.15, 0.2) is 60.7 Å². The zero-order valence-electron chi connectivity index (χ0n) is 9.68. The monoisotopic (exact) mass is 373 g/mol. The van der Waals surface area contributed by atoms with Crippen molar-refractivity contribution in [3.05, 3.63) is 88.0 Å². The molecule has 0 saturated carbocycles. The molecular weight excluding hydrogens is 363 g/mol. The summed E-state index contributed by atoms with van der Waals surface area (Å²) >= 11 is -4.79. The van der Waals surface area contributed by atoms with Crippen molar-refractivity contribution in [2.24, 2.45) is 0 Å². The number of halogens is 1. The van der Waals surface area contributed by atoms with Gasteiger partial charge in [0.1, 0.15) is 0 Å². The van der Waals surface area contributed by atoms with Crippen LogP contribution in [0.4, 0.5) is 0 Å². The third-order valence-electron chi connectivity index (χ3n) is 2.47. The molecule has 0 N–H and O–H groups in total. The van der Waals surface area contributed by atoms with Crippen LogP contribution >= 0.6 is 0 Å². The summed E-state index contributed by atoms with van der Waals surface area (Å²) in [5, 5.41) is 23.0. The van der Waals surface area contributed by atoms with Gasteiger partial charge in [0, 0.05) is 0 Å². The Morgan fingerprint density at radius 1 is 0.684 bits per heavy atom. The molecule has 0 aliphatic rings. The third-order valence-corrected chi connectivity index (χ3v) is 9.67. The molecule has 2 aromatic rings. The first kappa shape index (κ1) is 13.4. The molecule has 0 radical (unpaired) electrons. The summed E-state index contributed by atoms with van der Waals surface area (Å²) < 4.78 is -0.958. The number of nitro groups is 2. The van der Waals surface area contributed by atoms with Gasteiger partial charge in [-0.1, -0.05) is 0 Å². The Kier molecular flexibility index (Phi) is 3.74. The van der Waals surface area contributed by atoms with Crippen molar-refractivity contribution in [3.8, 4) is 0 Å². The Morgan fingerprint density at radius 3 is 1.26 bits per heavy atom. The Labute approximate surface area is 113 Å². The Bertz CT molecular complexity index is 548. The zero-order chi connectivity index (χ0) is 13.9. The topological polar surface area (TPSA) is 86.3 Å². The van der Waals surface area contributed by atoms with Crippen molar-refractivity contribution in [1.82, 2.24) is 0 Å². The first-order chi connectivity index (χ1) is 9.10. The van der Waals surface area contributed by atoms with Gasteiger partial charge in [-0.2, -0.15) is 0 Å². The van der Waals surface area contributed by atoms with Crippen molar-refractivity contribution in [1.29, 1.82) is 0 Å². The molecule has 0 fully saturated rings.